The lowest BCUT2D eigenvalue weighted by molar-refractivity contribution is 0.626. The molecule has 0 radical (unpaired) electrons. The summed E-state index contributed by atoms with van der Waals surface area (Å²) in [5.74, 6) is 0.0345. The quantitative estimate of drug-likeness (QED) is 0.837. The van der Waals surface area contributed by atoms with Crippen molar-refractivity contribution < 1.29 is 8.60 Å². The fourth-order valence-electron chi connectivity index (χ4n) is 1.48. The summed E-state index contributed by atoms with van der Waals surface area (Å²) >= 11 is 0. The molecule has 1 aromatic carbocycles. The number of benzene rings is 1. The minimum atomic E-state index is -1.18. The number of halogens is 1. The Morgan fingerprint density at radius 3 is 2.53 bits per heavy atom. The molecule has 1 unspecified atom stereocenters. The van der Waals surface area contributed by atoms with E-state index in [0.29, 0.717) is 10.6 Å². The molecule has 1 atom stereocenters. The summed E-state index contributed by atoms with van der Waals surface area (Å²) in [7, 11) is -1.18. The predicted octanol–water partition coefficient (Wildman–Crippen LogP) is 2.84. The lowest BCUT2D eigenvalue weighted by atomic mass is 10.3. The van der Waals surface area contributed by atoms with Crippen LogP contribution in [0.3, 0.4) is 0 Å². The van der Waals surface area contributed by atoms with Crippen molar-refractivity contribution in [3.63, 3.8) is 0 Å². The Hall–Kier alpha value is -1.55. The van der Waals surface area contributed by atoms with Gasteiger partial charge >= 0.3 is 0 Å². The second kappa shape index (κ2) is 5.19. The molecule has 1 aromatic heterocycles. The molecule has 4 heteroatoms. The van der Waals surface area contributed by atoms with E-state index in [4.69, 9.17) is 0 Å². The van der Waals surface area contributed by atoms with Crippen LogP contribution in [0.25, 0.3) is 0 Å². The third-order valence-electron chi connectivity index (χ3n) is 2.30. The van der Waals surface area contributed by atoms with Crippen LogP contribution in [-0.2, 0) is 16.6 Å². The predicted molar refractivity (Wildman–Crippen MR) is 65.5 cm³/mol. The van der Waals surface area contributed by atoms with Crippen LogP contribution in [0.2, 0.25) is 0 Å². The Balaban J connectivity index is 2.14. The van der Waals surface area contributed by atoms with Gasteiger partial charge in [0.2, 0.25) is 0 Å². The van der Waals surface area contributed by atoms with Crippen LogP contribution in [0.1, 0.15) is 11.4 Å². The maximum absolute atomic E-state index is 12.7. The van der Waals surface area contributed by atoms with E-state index in [1.54, 1.807) is 12.1 Å². The molecule has 0 N–H and O–H groups in total. The Morgan fingerprint density at radius 1 is 1.18 bits per heavy atom. The van der Waals surface area contributed by atoms with Crippen molar-refractivity contribution in [1.29, 1.82) is 0 Å². The van der Waals surface area contributed by atoms with Gasteiger partial charge in [-0.05, 0) is 43.3 Å². The second-order valence-electron chi connectivity index (χ2n) is 3.71. The first-order valence-electron chi connectivity index (χ1n) is 5.21. The molecule has 0 fully saturated rings. The van der Waals surface area contributed by atoms with Crippen LogP contribution >= 0.6 is 0 Å². The smallest absolute Gasteiger partial charge is 0.123 e. The highest BCUT2D eigenvalue weighted by Gasteiger charge is 2.06. The molecular weight excluding hydrogens is 237 g/mol. The van der Waals surface area contributed by atoms with Crippen molar-refractivity contribution in [3.05, 3.63) is 59.7 Å². The van der Waals surface area contributed by atoms with Crippen molar-refractivity contribution in [1.82, 2.24) is 4.98 Å². The van der Waals surface area contributed by atoms with Gasteiger partial charge < -0.3 is 0 Å². The first kappa shape index (κ1) is 11.9. The normalized spacial score (nSPS) is 12.4. The van der Waals surface area contributed by atoms with Crippen molar-refractivity contribution in [2.75, 3.05) is 0 Å². The topological polar surface area (TPSA) is 30.0 Å². The van der Waals surface area contributed by atoms with E-state index in [0.717, 1.165) is 11.4 Å². The monoisotopic (exact) mass is 249 g/mol. The first-order valence-corrected chi connectivity index (χ1v) is 6.53. The van der Waals surface area contributed by atoms with E-state index >= 15 is 0 Å². The molecule has 0 aliphatic heterocycles. The van der Waals surface area contributed by atoms with Crippen LogP contribution in [-0.4, -0.2) is 9.19 Å². The minimum Gasteiger partial charge on any atom is -0.257 e. The number of hydrogen-bond acceptors (Lipinski definition) is 2. The Labute approximate surface area is 102 Å². The van der Waals surface area contributed by atoms with E-state index in [1.165, 1.54) is 12.1 Å². The zero-order valence-corrected chi connectivity index (χ0v) is 10.2. The fraction of sp³-hybridized carbons (Fsp3) is 0.154. The molecule has 0 saturated heterocycles. The van der Waals surface area contributed by atoms with Gasteiger partial charge in [-0.2, -0.15) is 0 Å². The summed E-state index contributed by atoms with van der Waals surface area (Å²) in [6.07, 6.45) is 0. The summed E-state index contributed by atoms with van der Waals surface area (Å²) in [6.45, 7) is 1.89. The van der Waals surface area contributed by atoms with E-state index in [2.05, 4.69) is 4.98 Å². The minimum absolute atomic E-state index is 0.320. The van der Waals surface area contributed by atoms with Gasteiger partial charge in [0, 0.05) is 10.6 Å². The molecule has 0 aliphatic carbocycles. The standard InChI is InChI=1S/C13H12FNOS/c1-10-3-2-4-12(15-10)9-17(16)13-7-5-11(14)6-8-13/h2-8H,9H2,1H3. The van der Waals surface area contributed by atoms with Crippen molar-refractivity contribution in [3.8, 4) is 0 Å². The SMILES string of the molecule is Cc1cccc(CS(=O)c2ccc(F)cc2)n1. The second-order valence-corrected chi connectivity index (χ2v) is 5.17. The third kappa shape index (κ3) is 3.20. The highest BCUT2D eigenvalue weighted by Crippen LogP contribution is 2.12. The highest BCUT2D eigenvalue weighted by atomic mass is 32.2. The summed E-state index contributed by atoms with van der Waals surface area (Å²) in [4.78, 5) is 4.91. The Bertz CT molecular complexity index is 539. The van der Waals surface area contributed by atoms with Crippen LogP contribution in [0.4, 0.5) is 4.39 Å². The maximum atomic E-state index is 12.7. The fourth-order valence-corrected chi connectivity index (χ4v) is 2.52. The summed E-state index contributed by atoms with van der Waals surface area (Å²) in [5, 5.41) is 0. The molecule has 0 saturated carbocycles. The zero-order chi connectivity index (χ0) is 12.3. The zero-order valence-electron chi connectivity index (χ0n) is 9.39. The molecule has 2 nitrogen and oxygen atoms in total. The molecule has 0 amide bonds. The van der Waals surface area contributed by atoms with Crippen LogP contribution in [0.15, 0.2) is 47.4 Å². The third-order valence-corrected chi connectivity index (χ3v) is 3.66. The van der Waals surface area contributed by atoms with Gasteiger partial charge in [0.05, 0.1) is 22.2 Å². The molecule has 17 heavy (non-hydrogen) atoms. The van der Waals surface area contributed by atoms with Gasteiger partial charge in [-0.3, -0.25) is 9.19 Å². The largest absolute Gasteiger partial charge is 0.257 e. The average Bonchev–Trinajstić information content (AvgIpc) is 2.29. The van der Waals surface area contributed by atoms with Crippen molar-refractivity contribution >= 4 is 10.8 Å². The molecule has 88 valence electrons. The van der Waals surface area contributed by atoms with Gasteiger partial charge in [0.25, 0.3) is 0 Å². The molecule has 2 rings (SSSR count). The molecular formula is C13H12FNOS. The van der Waals surface area contributed by atoms with Crippen LogP contribution in [0.5, 0.6) is 0 Å². The Kier molecular flexibility index (Phi) is 3.64. The van der Waals surface area contributed by atoms with Crippen LogP contribution in [0, 0.1) is 12.7 Å². The van der Waals surface area contributed by atoms with E-state index < -0.39 is 10.8 Å². The van der Waals surface area contributed by atoms with E-state index in [9.17, 15) is 8.60 Å². The number of hydrogen-bond donors (Lipinski definition) is 0. The summed E-state index contributed by atoms with van der Waals surface area (Å²) < 4.78 is 24.7. The molecule has 2 aromatic rings. The van der Waals surface area contributed by atoms with Gasteiger partial charge in [0.15, 0.2) is 0 Å². The lowest BCUT2D eigenvalue weighted by Crippen LogP contribution is -1.99. The van der Waals surface area contributed by atoms with Crippen molar-refractivity contribution in [2.45, 2.75) is 17.6 Å². The van der Waals surface area contributed by atoms with Gasteiger partial charge in [0.1, 0.15) is 5.82 Å². The number of aryl methyl sites for hydroxylation is 1. The van der Waals surface area contributed by atoms with Gasteiger partial charge in [-0.1, -0.05) is 6.07 Å². The van der Waals surface area contributed by atoms with Crippen LogP contribution < -0.4 is 0 Å². The Morgan fingerprint density at radius 2 is 1.88 bits per heavy atom. The first-order chi connectivity index (χ1) is 8.15. The molecule has 1 heterocycles. The summed E-state index contributed by atoms with van der Waals surface area (Å²) in [6, 6.07) is 11.3. The molecule has 0 bridgehead atoms. The number of pyridine rings is 1. The molecule has 0 spiro atoms. The average molecular weight is 249 g/mol. The van der Waals surface area contributed by atoms with Gasteiger partial charge in [-0.25, -0.2) is 4.39 Å². The van der Waals surface area contributed by atoms with E-state index in [1.807, 2.05) is 25.1 Å². The number of nitrogens with zero attached hydrogens (tertiary/aromatic N) is 1. The number of aromatic nitrogens is 1. The summed E-state index contributed by atoms with van der Waals surface area (Å²) in [5.41, 5.74) is 1.69. The maximum Gasteiger partial charge on any atom is 0.123 e. The number of rotatable bonds is 3. The van der Waals surface area contributed by atoms with Gasteiger partial charge in [-0.15, -0.1) is 0 Å². The molecule has 0 aliphatic rings. The lowest BCUT2D eigenvalue weighted by Gasteiger charge is -2.03. The van der Waals surface area contributed by atoms with Crippen molar-refractivity contribution in [2.24, 2.45) is 0 Å². The highest BCUT2D eigenvalue weighted by molar-refractivity contribution is 7.84. The van der Waals surface area contributed by atoms with E-state index in [-0.39, 0.29) is 5.82 Å².